The summed E-state index contributed by atoms with van der Waals surface area (Å²) >= 11 is 0. The molecule has 0 radical (unpaired) electrons. The van der Waals surface area contributed by atoms with Crippen LogP contribution in [0, 0.1) is 12.3 Å². The third kappa shape index (κ3) is 3.70. The van der Waals surface area contributed by atoms with Crippen LogP contribution in [0.2, 0.25) is 0 Å². The van der Waals surface area contributed by atoms with Gasteiger partial charge in [-0.05, 0) is 39.3 Å². The van der Waals surface area contributed by atoms with Crippen molar-refractivity contribution in [3.05, 3.63) is 0 Å². The summed E-state index contributed by atoms with van der Waals surface area (Å²) in [5.41, 5.74) is 0. The Morgan fingerprint density at radius 2 is 2.00 bits per heavy atom. The summed E-state index contributed by atoms with van der Waals surface area (Å²) in [6, 6.07) is 1.47. The molecular weight excluding hydrogens is 210 g/mol. The lowest BCUT2D eigenvalue weighted by molar-refractivity contribution is 0.207. The predicted molar refractivity (Wildman–Crippen MR) is 71.9 cm³/mol. The molecule has 17 heavy (non-hydrogen) atoms. The van der Waals surface area contributed by atoms with Gasteiger partial charge >= 0.3 is 0 Å². The topological polar surface area (TPSA) is 18.5 Å². The number of nitrogens with one attached hydrogen (secondary N) is 1. The molecule has 2 saturated heterocycles. The van der Waals surface area contributed by atoms with Crippen molar-refractivity contribution in [2.75, 3.05) is 39.8 Å². The third-order valence-corrected chi connectivity index (χ3v) is 4.22. The van der Waals surface area contributed by atoms with Crippen LogP contribution in [-0.2, 0) is 0 Å². The van der Waals surface area contributed by atoms with Crippen molar-refractivity contribution in [3.8, 4) is 12.3 Å². The van der Waals surface area contributed by atoms with Crippen molar-refractivity contribution in [1.29, 1.82) is 0 Å². The fraction of sp³-hybridized carbons (Fsp3) is 0.857. The Hall–Kier alpha value is -0.560. The number of rotatable bonds is 4. The van der Waals surface area contributed by atoms with Gasteiger partial charge in [-0.25, -0.2) is 0 Å². The largest absolute Gasteiger partial charge is 0.312 e. The van der Waals surface area contributed by atoms with Crippen LogP contribution < -0.4 is 5.32 Å². The Morgan fingerprint density at radius 3 is 2.59 bits per heavy atom. The molecule has 0 bridgehead atoms. The maximum atomic E-state index is 5.34. The van der Waals surface area contributed by atoms with E-state index in [2.05, 4.69) is 28.1 Å². The van der Waals surface area contributed by atoms with Gasteiger partial charge in [0.15, 0.2) is 0 Å². The van der Waals surface area contributed by atoms with Gasteiger partial charge in [0.05, 0.1) is 6.54 Å². The molecule has 2 heterocycles. The van der Waals surface area contributed by atoms with Gasteiger partial charge in [0.25, 0.3) is 0 Å². The molecule has 1 unspecified atom stereocenters. The summed E-state index contributed by atoms with van der Waals surface area (Å²) < 4.78 is 0. The number of piperidine rings is 1. The van der Waals surface area contributed by atoms with Crippen molar-refractivity contribution >= 4 is 0 Å². The van der Waals surface area contributed by atoms with E-state index in [1.165, 1.54) is 32.2 Å². The highest BCUT2D eigenvalue weighted by Gasteiger charge is 2.23. The average Bonchev–Trinajstić information content (AvgIpc) is 2.75. The third-order valence-electron chi connectivity index (χ3n) is 4.22. The number of hydrogen-bond acceptors (Lipinski definition) is 3. The van der Waals surface area contributed by atoms with Crippen molar-refractivity contribution < 1.29 is 0 Å². The van der Waals surface area contributed by atoms with E-state index >= 15 is 0 Å². The Labute approximate surface area is 106 Å². The van der Waals surface area contributed by atoms with E-state index in [0.717, 1.165) is 32.2 Å². The summed E-state index contributed by atoms with van der Waals surface area (Å²) in [4.78, 5) is 4.86. The van der Waals surface area contributed by atoms with Gasteiger partial charge in [-0.15, -0.1) is 6.42 Å². The minimum atomic E-state index is 0.707. The smallest absolute Gasteiger partial charge is 0.0598 e. The Morgan fingerprint density at radius 1 is 1.24 bits per heavy atom. The molecular formula is C14H25N3. The molecule has 3 nitrogen and oxygen atoms in total. The average molecular weight is 235 g/mol. The highest BCUT2D eigenvalue weighted by atomic mass is 15.2. The molecule has 1 N–H and O–H groups in total. The van der Waals surface area contributed by atoms with Crippen LogP contribution in [0.4, 0.5) is 0 Å². The first-order valence-corrected chi connectivity index (χ1v) is 6.89. The van der Waals surface area contributed by atoms with Crippen LogP contribution in [0.15, 0.2) is 0 Å². The molecule has 0 saturated carbocycles. The van der Waals surface area contributed by atoms with Gasteiger partial charge in [-0.1, -0.05) is 5.92 Å². The van der Waals surface area contributed by atoms with Gasteiger partial charge in [-0.3, -0.25) is 4.90 Å². The number of hydrogen-bond donors (Lipinski definition) is 1. The van der Waals surface area contributed by atoms with Gasteiger partial charge in [0.2, 0.25) is 0 Å². The number of terminal acetylenes is 1. The van der Waals surface area contributed by atoms with Crippen molar-refractivity contribution in [3.63, 3.8) is 0 Å². The van der Waals surface area contributed by atoms with Crippen LogP contribution in [0.25, 0.3) is 0 Å². The van der Waals surface area contributed by atoms with E-state index in [-0.39, 0.29) is 0 Å². The molecule has 0 spiro atoms. The molecule has 0 aromatic rings. The zero-order chi connectivity index (χ0) is 12.1. The molecule has 0 amide bonds. The summed E-state index contributed by atoms with van der Waals surface area (Å²) in [6.45, 7) is 5.56. The van der Waals surface area contributed by atoms with Gasteiger partial charge in [0.1, 0.15) is 0 Å². The molecule has 1 atom stereocenters. The summed E-state index contributed by atoms with van der Waals surface area (Å²) in [7, 11) is 2.24. The minimum Gasteiger partial charge on any atom is -0.312 e. The SMILES string of the molecule is C#CCN1CCC(NCC2CCCN2C)CC1. The Balaban J connectivity index is 1.63. The quantitative estimate of drug-likeness (QED) is 0.726. The molecule has 2 fully saturated rings. The van der Waals surface area contributed by atoms with Crippen molar-refractivity contribution in [1.82, 2.24) is 15.1 Å². The summed E-state index contributed by atoms with van der Waals surface area (Å²) in [5.74, 6) is 2.73. The lowest BCUT2D eigenvalue weighted by atomic mass is 10.0. The van der Waals surface area contributed by atoms with Crippen LogP contribution >= 0.6 is 0 Å². The van der Waals surface area contributed by atoms with Gasteiger partial charge in [-0.2, -0.15) is 0 Å². The second kappa shape index (κ2) is 6.39. The second-order valence-electron chi connectivity index (χ2n) is 5.44. The van der Waals surface area contributed by atoms with Crippen LogP contribution in [0.5, 0.6) is 0 Å². The molecule has 0 aromatic carbocycles. The first-order chi connectivity index (χ1) is 8.29. The fourth-order valence-corrected chi connectivity index (χ4v) is 2.96. The van der Waals surface area contributed by atoms with E-state index in [1.54, 1.807) is 0 Å². The molecule has 0 aliphatic carbocycles. The van der Waals surface area contributed by atoms with E-state index < -0.39 is 0 Å². The molecule has 2 aliphatic rings. The first-order valence-electron chi connectivity index (χ1n) is 6.89. The lowest BCUT2D eigenvalue weighted by Gasteiger charge is -2.32. The van der Waals surface area contributed by atoms with Crippen LogP contribution in [0.1, 0.15) is 25.7 Å². The number of nitrogens with zero attached hydrogens (tertiary/aromatic N) is 2. The van der Waals surface area contributed by atoms with E-state index in [4.69, 9.17) is 6.42 Å². The number of likely N-dealkylation sites (N-methyl/N-ethyl adjacent to an activating group) is 1. The maximum absolute atomic E-state index is 5.34. The highest BCUT2D eigenvalue weighted by Crippen LogP contribution is 2.15. The zero-order valence-corrected chi connectivity index (χ0v) is 11.0. The van der Waals surface area contributed by atoms with E-state index in [0.29, 0.717) is 6.04 Å². The maximum Gasteiger partial charge on any atom is 0.0598 e. The zero-order valence-electron chi connectivity index (χ0n) is 11.0. The molecule has 96 valence electrons. The Bertz CT molecular complexity index is 263. The molecule has 2 rings (SSSR count). The monoisotopic (exact) mass is 235 g/mol. The van der Waals surface area contributed by atoms with Crippen LogP contribution in [0.3, 0.4) is 0 Å². The molecule has 2 aliphatic heterocycles. The predicted octanol–water partition coefficient (Wildman–Crippen LogP) is 0.768. The van der Waals surface area contributed by atoms with Crippen LogP contribution in [-0.4, -0.2) is 61.7 Å². The molecule has 0 aromatic heterocycles. The fourth-order valence-electron chi connectivity index (χ4n) is 2.96. The summed E-state index contributed by atoms with van der Waals surface area (Å²) in [5, 5.41) is 3.74. The normalized spacial score (nSPS) is 28.4. The summed E-state index contributed by atoms with van der Waals surface area (Å²) in [6.07, 6.45) is 10.6. The van der Waals surface area contributed by atoms with E-state index in [9.17, 15) is 0 Å². The van der Waals surface area contributed by atoms with Crippen molar-refractivity contribution in [2.45, 2.75) is 37.8 Å². The van der Waals surface area contributed by atoms with Gasteiger partial charge < -0.3 is 10.2 Å². The molecule has 3 heteroatoms. The standard InChI is InChI=1S/C14H25N3/c1-3-8-17-10-6-13(7-11-17)15-12-14-5-4-9-16(14)2/h1,13-15H,4-12H2,2H3. The second-order valence-corrected chi connectivity index (χ2v) is 5.44. The highest BCUT2D eigenvalue weighted by molar-refractivity contribution is 4.90. The first kappa shape index (κ1) is 12.9. The number of likely N-dealkylation sites (tertiary alicyclic amines) is 2. The van der Waals surface area contributed by atoms with Crippen molar-refractivity contribution in [2.24, 2.45) is 0 Å². The lowest BCUT2D eigenvalue weighted by Crippen LogP contribution is -2.46. The minimum absolute atomic E-state index is 0.707. The van der Waals surface area contributed by atoms with E-state index in [1.807, 2.05) is 0 Å². The Kier molecular flexibility index (Phi) is 4.85. The van der Waals surface area contributed by atoms with Gasteiger partial charge in [0, 0.05) is 31.7 Å².